The van der Waals surface area contributed by atoms with Gasteiger partial charge in [0.05, 0.1) is 12.6 Å². The van der Waals surface area contributed by atoms with Gasteiger partial charge in [0.2, 0.25) is 11.9 Å². The van der Waals surface area contributed by atoms with Crippen LogP contribution in [0, 0.1) is 0 Å². The molecule has 0 bridgehead atoms. The first-order valence-electron chi connectivity index (χ1n) is 6.50. The summed E-state index contributed by atoms with van der Waals surface area (Å²) >= 11 is 0. The molecule has 106 valence electrons. The van der Waals surface area contributed by atoms with Gasteiger partial charge in [0, 0.05) is 12.4 Å². The standard InChI is InChI=1S/C13H18N6O/c1-3-8-20-13-18-11(14)17-12(19-13)16-9(2)10-4-6-15-7-5-10/h4-7,9H,3,8H2,1-2H3,(H3,14,16,17,18,19). The van der Waals surface area contributed by atoms with E-state index in [9.17, 15) is 0 Å². The predicted molar refractivity (Wildman–Crippen MR) is 76.3 cm³/mol. The summed E-state index contributed by atoms with van der Waals surface area (Å²) < 4.78 is 5.37. The number of ether oxygens (including phenoxy) is 1. The van der Waals surface area contributed by atoms with Gasteiger partial charge in [-0.2, -0.15) is 15.0 Å². The lowest BCUT2D eigenvalue weighted by molar-refractivity contribution is 0.292. The number of anilines is 2. The monoisotopic (exact) mass is 274 g/mol. The molecular weight excluding hydrogens is 256 g/mol. The number of nitrogen functional groups attached to an aromatic ring is 1. The first-order valence-corrected chi connectivity index (χ1v) is 6.50. The molecule has 3 N–H and O–H groups in total. The highest BCUT2D eigenvalue weighted by Crippen LogP contribution is 2.17. The van der Waals surface area contributed by atoms with E-state index in [-0.39, 0.29) is 18.0 Å². The van der Waals surface area contributed by atoms with Gasteiger partial charge in [0.1, 0.15) is 0 Å². The van der Waals surface area contributed by atoms with Crippen LogP contribution in [0.15, 0.2) is 24.5 Å². The van der Waals surface area contributed by atoms with Crippen molar-refractivity contribution in [3.63, 3.8) is 0 Å². The molecule has 7 heteroatoms. The summed E-state index contributed by atoms with van der Waals surface area (Å²) in [6.45, 7) is 4.56. The summed E-state index contributed by atoms with van der Waals surface area (Å²) in [6.07, 6.45) is 4.36. The summed E-state index contributed by atoms with van der Waals surface area (Å²) in [4.78, 5) is 16.2. The molecule has 2 heterocycles. The molecule has 2 rings (SSSR count). The maximum absolute atomic E-state index is 5.65. The quantitative estimate of drug-likeness (QED) is 0.828. The zero-order valence-corrected chi connectivity index (χ0v) is 11.6. The SMILES string of the molecule is CCCOc1nc(N)nc(NC(C)c2ccncc2)n1. The molecular formula is C13H18N6O. The van der Waals surface area contributed by atoms with E-state index in [1.54, 1.807) is 12.4 Å². The van der Waals surface area contributed by atoms with Gasteiger partial charge in [-0.15, -0.1) is 0 Å². The molecule has 0 fully saturated rings. The number of pyridine rings is 1. The third-order valence-corrected chi connectivity index (χ3v) is 2.62. The molecule has 0 aromatic carbocycles. The highest BCUT2D eigenvalue weighted by molar-refractivity contribution is 5.35. The number of hydrogen-bond donors (Lipinski definition) is 2. The van der Waals surface area contributed by atoms with Gasteiger partial charge >= 0.3 is 6.01 Å². The number of nitrogens with zero attached hydrogens (tertiary/aromatic N) is 4. The maximum Gasteiger partial charge on any atom is 0.323 e. The minimum atomic E-state index is 0.0267. The number of aromatic nitrogens is 4. The van der Waals surface area contributed by atoms with E-state index in [0.29, 0.717) is 12.6 Å². The fourth-order valence-electron chi connectivity index (χ4n) is 1.62. The summed E-state index contributed by atoms with van der Waals surface area (Å²) in [7, 11) is 0. The molecule has 0 radical (unpaired) electrons. The Hall–Kier alpha value is -2.44. The Morgan fingerprint density at radius 1 is 1.25 bits per heavy atom. The summed E-state index contributed by atoms with van der Waals surface area (Å²) in [5.74, 6) is 0.531. The topological polar surface area (TPSA) is 98.8 Å². The highest BCUT2D eigenvalue weighted by Gasteiger charge is 2.10. The summed E-state index contributed by atoms with van der Waals surface area (Å²) in [5, 5.41) is 3.17. The van der Waals surface area contributed by atoms with E-state index >= 15 is 0 Å². The van der Waals surface area contributed by atoms with E-state index in [1.807, 2.05) is 26.0 Å². The third kappa shape index (κ3) is 3.78. The molecule has 0 aliphatic heterocycles. The second kappa shape index (κ2) is 6.65. The van der Waals surface area contributed by atoms with Gasteiger partial charge in [-0.3, -0.25) is 4.98 Å². The van der Waals surface area contributed by atoms with Crippen molar-refractivity contribution in [3.8, 4) is 6.01 Å². The van der Waals surface area contributed by atoms with Crippen molar-refractivity contribution in [2.24, 2.45) is 0 Å². The average molecular weight is 274 g/mol. The molecule has 2 aromatic rings. The Balaban J connectivity index is 2.10. The summed E-state index contributed by atoms with van der Waals surface area (Å²) in [6, 6.07) is 4.12. The Bertz CT molecular complexity index is 548. The Morgan fingerprint density at radius 3 is 2.70 bits per heavy atom. The fourth-order valence-corrected chi connectivity index (χ4v) is 1.62. The van der Waals surface area contributed by atoms with Crippen molar-refractivity contribution in [2.75, 3.05) is 17.7 Å². The van der Waals surface area contributed by atoms with Crippen LogP contribution in [0.25, 0.3) is 0 Å². The first kappa shape index (κ1) is 14.0. The minimum absolute atomic E-state index is 0.0267. The Morgan fingerprint density at radius 2 is 2.00 bits per heavy atom. The summed E-state index contributed by atoms with van der Waals surface area (Å²) in [5.41, 5.74) is 6.73. The number of rotatable bonds is 6. The number of hydrogen-bond acceptors (Lipinski definition) is 7. The third-order valence-electron chi connectivity index (χ3n) is 2.62. The van der Waals surface area contributed by atoms with Crippen LogP contribution in [0.4, 0.5) is 11.9 Å². The van der Waals surface area contributed by atoms with Gasteiger partial charge in [0.25, 0.3) is 0 Å². The molecule has 1 unspecified atom stereocenters. The van der Waals surface area contributed by atoms with Crippen molar-refractivity contribution in [1.82, 2.24) is 19.9 Å². The fraction of sp³-hybridized carbons (Fsp3) is 0.385. The largest absolute Gasteiger partial charge is 0.463 e. The average Bonchev–Trinajstić information content (AvgIpc) is 2.45. The lowest BCUT2D eigenvalue weighted by Gasteiger charge is -2.14. The normalized spacial score (nSPS) is 11.9. The van der Waals surface area contributed by atoms with Gasteiger partial charge in [-0.1, -0.05) is 6.92 Å². The lowest BCUT2D eigenvalue weighted by atomic mass is 10.1. The van der Waals surface area contributed by atoms with E-state index in [1.165, 1.54) is 0 Å². The van der Waals surface area contributed by atoms with Gasteiger partial charge in [-0.05, 0) is 31.0 Å². The molecule has 0 aliphatic carbocycles. The maximum atomic E-state index is 5.65. The molecule has 0 saturated carbocycles. The molecule has 2 aromatic heterocycles. The van der Waals surface area contributed by atoms with Gasteiger partial charge in [0.15, 0.2) is 0 Å². The molecule has 7 nitrogen and oxygen atoms in total. The van der Waals surface area contributed by atoms with Crippen molar-refractivity contribution in [3.05, 3.63) is 30.1 Å². The van der Waals surface area contributed by atoms with Crippen LogP contribution in [0.3, 0.4) is 0 Å². The van der Waals surface area contributed by atoms with Crippen LogP contribution in [0.5, 0.6) is 6.01 Å². The van der Waals surface area contributed by atoms with Crippen molar-refractivity contribution in [2.45, 2.75) is 26.3 Å². The lowest BCUT2D eigenvalue weighted by Crippen LogP contribution is -2.12. The minimum Gasteiger partial charge on any atom is -0.463 e. The van der Waals surface area contributed by atoms with E-state index in [2.05, 4.69) is 25.3 Å². The molecule has 1 atom stereocenters. The van der Waals surface area contributed by atoms with E-state index in [0.717, 1.165) is 12.0 Å². The van der Waals surface area contributed by atoms with Gasteiger partial charge < -0.3 is 15.8 Å². The smallest absolute Gasteiger partial charge is 0.323 e. The highest BCUT2D eigenvalue weighted by atomic mass is 16.5. The van der Waals surface area contributed by atoms with E-state index < -0.39 is 0 Å². The van der Waals surface area contributed by atoms with Gasteiger partial charge in [-0.25, -0.2) is 0 Å². The molecule has 20 heavy (non-hydrogen) atoms. The predicted octanol–water partition coefficient (Wildman–Crippen LogP) is 1.81. The molecule has 0 aliphatic rings. The van der Waals surface area contributed by atoms with Crippen molar-refractivity contribution < 1.29 is 4.74 Å². The number of nitrogens with two attached hydrogens (primary N) is 1. The second-order valence-electron chi connectivity index (χ2n) is 4.29. The van der Waals surface area contributed by atoms with Crippen molar-refractivity contribution >= 4 is 11.9 Å². The Kier molecular flexibility index (Phi) is 4.65. The van der Waals surface area contributed by atoms with Crippen LogP contribution in [-0.4, -0.2) is 26.5 Å². The van der Waals surface area contributed by atoms with Crippen LogP contribution in [0.2, 0.25) is 0 Å². The van der Waals surface area contributed by atoms with Crippen molar-refractivity contribution in [1.29, 1.82) is 0 Å². The van der Waals surface area contributed by atoms with Crippen LogP contribution < -0.4 is 15.8 Å². The van der Waals surface area contributed by atoms with Crippen LogP contribution in [0.1, 0.15) is 31.9 Å². The molecule has 0 spiro atoms. The zero-order valence-electron chi connectivity index (χ0n) is 11.6. The second-order valence-corrected chi connectivity index (χ2v) is 4.29. The molecule has 0 amide bonds. The van der Waals surface area contributed by atoms with Crippen LogP contribution >= 0.6 is 0 Å². The zero-order chi connectivity index (χ0) is 14.4. The number of nitrogens with one attached hydrogen (secondary N) is 1. The molecule has 0 saturated heterocycles. The first-order chi connectivity index (χ1) is 9.69. The van der Waals surface area contributed by atoms with Crippen LogP contribution in [-0.2, 0) is 0 Å². The van der Waals surface area contributed by atoms with E-state index in [4.69, 9.17) is 10.5 Å². The Labute approximate surface area is 117 Å².